The van der Waals surface area contributed by atoms with Crippen LogP contribution in [0.15, 0.2) is 88.8 Å². The molecule has 180 valence electrons. The normalized spacial score (nSPS) is 14.9. The van der Waals surface area contributed by atoms with Gasteiger partial charge in [-0.2, -0.15) is 0 Å². The minimum atomic E-state index is 0. The Labute approximate surface area is 219 Å². The van der Waals surface area contributed by atoms with Crippen molar-refractivity contribution in [3.05, 3.63) is 106 Å². The third-order valence-electron chi connectivity index (χ3n) is 6.19. The van der Waals surface area contributed by atoms with E-state index in [1.165, 1.54) is 24.0 Å². The van der Waals surface area contributed by atoms with Crippen molar-refractivity contribution >= 4 is 29.9 Å². The second-order valence-electron chi connectivity index (χ2n) is 8.46. The van der Waals surface area contributed by atoms with Crippen molar-refractivity contribution in [2.75, 3.05) is 26.7 Å². The summed E-state index contributed by atoms with van der Waals surface area (Å²) in [4.78, 5) is 18.9. The highest BCUT2D eigenvalue weighted by Crippen LogP contribution is 2.24. The Morgan fingerprint density at radius 1 is 0.912 bits per heavy atom. The summed E-state index contributed by atoms with van der Waals surface area (Å²) in [6.07, 6.45) is 4.36. The van der Waals surface area contributed by atoms with Crippen molar-refractivity contribution in [1.29, 1.82) is 0 Å². The Morgan fingerprint density at radius 3 is 2.26 bits per heavy atom. The number of nitrogens with one attached hydrogen (secondary N) is 2. The van der Waals surface area contributed by atoms with Crippen LogP contribution in [-0.2, 0) is 13.1 Å². The number of nitrogens with zero attached hydrogens (tertiary/aromatic N) is 3. The molecule has 2 heterocycles. The molecule has 1 fully saturated rings. The van der Waals surface area contributed by atoms with Crippen LogP contribution in [0.2, 0.25) is 0 Å². The fourth-order valence-electron chi connectivity index (χ4n) is 4.34. The molecule has 1 atom stereocenters. The molecule has 0 amide bonds. The van der Waals surface area contributed by atoms with Crippen LogP contribution in [0.3, 0.4) is 0 Å². The maximum absolute atomic E-state index is 11.9. The van der Waals surface area contributed by atoms with Gasteiger partial charge in [0.1, 0.15) is 0 Å². The first-order chi connectivity index (χ1) is 16.2. The molecule has 4 rings (SSSR count). The number of pyridine rings is 1. The molecule has 0 bridgehead atoms. The van der Waals surface area contributed by atoms with Crippen LogP contribution < -0.4 is 16.2 Å². The van der Waals surface area contributed by atoms with Gasteiger partial charge in [-0.05, 0) is 48.7 Å². The molecule has 7 heteroatoms. The van der Waals surface area contributed by atoms with Gasteiger partial charge in [-0.25, -0.2) is 0 Å². The minimum Gasteiger partial charge on any atom is -0.354 e. The van der Waals surface area contributed by atoms with Crippen LogP contribution in [0, 0.1) is 0 Å². The summed E-state index contributed by atoms with van der Waals surface area (Å²) < 4.78 is 1.71. The van der Waals surface area contributed by atoms with Gasteiger partial charge in [-0.3, -0.25) is 14.7 Å². The van der Waals surface area contributed by atoms with Crippen LogP contribution in [0.25, 0.3) is 0 Å². The number of aliphatic imine (C=N–C) groups is 1. The fraction of sp³-hybridized carbons (Fsp3) is 0.333. The first-order valence-electron chi connectivity index (χ1n) is 11.7. The molecule has 1 aromatic heterocycles. The topological polar surface area (TPSA) is 61.7 Å². The zero-order chi connectivity index (χ0) is 22.9. The second kappa shape index (κ2) is 13.3. The molecule has 34 heavy (non-hydrogen) atoms. The number of hydrogen-bond acceptors (Lipinski definition) is 3. The lowest BCUT2D eigenvalue weighted by molar-refractivity contribution is 0.245. The zero-order valence-corrected chi connectivity index (χ0v) is 22.0. The van der Waals surface area contributed by atoms with Crippen LogP contribution in [0.5, 0.6) is 0 Å². The third-order valence-corrected chi connectivity index (χ3v) is 6.19. The van der Waals surface area contributed by atoms with E-state index in [0.29, 0.717) is 19.1 Å². The average molecular weight is 572 g/mol. The summed E-state index contributed by atoms with van der Waals surface area (Å²) in [6.45, 7) is 4.37. The van der Waals surface area contributed by atoms with Gasteiger partial charge in [-0.15, -0.1) is 24.0 Å². The predicted molar refractivity (Wildman–Crippen MR) is 150 cm³/mol. The van der Waals surface area contributed by atoms with E-state index in [4.69, 9.17) is 0 Å². The van der Waals surface area contributed by atoms with E-state index in [2.05, 4.69) is 75.1 Å². The Morgan fingerprint density at radius 2 is 1.59 bits per heavy atom. The number of rotatable bonds is 8. The lowest BCUT2D eigenvalue weighted by Gasteiger charge is -2.29. The molecule has 6 nitrogen and oxygen atoms in total. The number of aromatic nitrogens is 1. The van der Waals surface area contributed by atoms with Crippen molar-refractivity contribution in [1.82, 2.24) is 20.1 Å². The van der Waals surface area contributed by atoms with E-state index in [0.717, 1.165) is 31.2 Å². The van der Waals surface area contributed by atoms with Crippen molar-refractivity contribution in [3.8, 4) is 0 Å². The largest absolute Gasteiger partial charge is 0.354 e. The quantitative estimate of drug-likeness (QED) is 0.244. The number of guanidine groups is 1. The summed E-state index contributed by atoms with van der Waals surface area (Å²) in [7, 11) is 1.81. The summed E-state index contributed by atoms with van der Waals surface area (Å²) in [5, 5.41) is 6.95. The summed E-state index contributed by atoms with van der Waals surface area (Å²) >= 11 is 0. The zero-order valence-electron chi connectivity index (χ0n) is 19.7. The monoisotopic (exact) mass is 571 g/mol. The molecule has 0 aliphatic carbocycles. The molecule has 1 aliphatic heterocycles. The fourth-order valence-corrected chi connectivity index (χ4v) is 4.34. The molecule has 2 N–H and O–H groups in total. The van der Waals surface area contributed by atoms with Gasteiger partial charge < -0.3 is 15.2 Å². The standard InChI is InChI=1S/C27H33N5O.HI/c1-28-27(30-20-25(31-16-7-8-17-31)24-9-3-2-4-10-24)29-19-22-12-14-23(15-13-22)21-32-18-6-5-11-26(32)33;/h2-6,9-15,18,25H,7-8,16-17,19-21H2,1H3,(H2,28,29,30);1H. The number of halogens is 1. The van der Waals surface area contributed by atoms with Crippen molar-refractivity contribution < 1.29 is 0 Å². The lowest BCUT2D eigenvalue weighted by Crippen LogP contribution is -2.42. The van der Waals surface area contributed by atoms with E-state index in [-0.39, 0.29) is 29.5 Å². The summed E-state index contributed by atoms with van der Waals surface area (Å²) in [6, 6.07) is 24.6. The SMILES string of the molecule is CN=C(NCc1ccc(Cn2ccccc2=O)cc1)NCC(c1ccccc1)N1CCCC1.I. The molecule has 0 saturated carbocycles. The van der Waals surface area contributed by atoms with Crippen LogP contribution in [-0.4, -0.2) is 42.1 Å². The van der Waals surface area contributed by atoms with Gasteiger partial charge in [0.25, 0.3) is 5.56 Å². The van der Waals surface area contributed by atoms with E-state index in [9.17, 15) is 4.79 Å². The van der Waals surface area contributed by atoms with Crippen LogP contribution in [0.1, 0.15) is 35.6 Å². The lowest BCUT2D eigenvalue weighted by atomic mass is 10.1. The van der Waals surface area contributed by atoms with Gasteiger partial charge in [0.15, 0.2) is 5.96 Å². The van der Waals surface area contributed by atoms with Crippen LogP contribution in [0.4, 0.5) is 0 Å². The molecule has 0 radical (unpaired) electrons. The highest BCUT2D eigenvalue weighted by atomic mass is 127. The second-order valence-corrected chi connectivity index (χ2v) is 8.46. The maximum Gasteiger partial charge on any atom is 0.250 e. The molecule has 0 spiro atoms. The Kier molecular flexibility index (Phi) is 10.2. The van der Waals surface area contributed by atoms with Gasteiger partial charge in [0.2, 0.25) is 0 Å². The van der Waals surface area contributed by atoms with E-state index >= 15 is 0 Å². The summed E-state index contributed by atoms with van der Waals surface area (Å²) in [5.74, 6) is 0.801. The van der Waals surface area contributed by atoms with Crippen LogP contribution >= 0.6 is 24.0 Å². The molecular weight excluding hydrogens is 537 g/mol. The summed E-state index contributed by atoms with van der Waals surface area (Å²) in [5.41, 5.74) is 3.63. The van der Waals surface area contributed by atoms with Crippen molar-refractivity contribution in [3.63, 3.8) is 0 Å². The smallest absolute Gasteiger partial charge is 0.250 e. The van der Waals surface area contributed by atoms with Gasteiger partial charge in [0.05, 0.1) is 12.6 Å². The molecular formula is C27H34IN5O. The number of benzene rings is 2. The highest BCUT2D eigenvalue weighted by Gasteiger charge is 2.23. The first kappa shape index (κ1) is 26.0. The number of likely N-dealkylation sites (tertiary alicyclic amines) is 1. The Bertz CT molecular complexity index is 1090. The van der Waals surface area contributed by atoms with E-state index < -0.39 is 0 Å². The highest BCUT2D eigenvalue weighted by molar-refractivity contribution is 14.0. The molecule has 3 aromatic rings. The Balaban J connectivity index is 0.00000324. The predicted octanol–water partition coefficient (Wildman–Crippen LogP) is 4.02. The van der Waals surface area contributed by atoms with Gasteiger partial charge in [0, 0.05) is 32.4 Å². The third kappa shape index (κ3) is 7.17. The van der Waals surface area contributed by atoms with Crippen molar-refractivity contribution in [2.45, 2.75) is 32.0 Å². The van der Waals surface area contributed by atoms with E-state index in [1.807, 2.05) is 19.3 Å². The van der Waals surface area contributed by atoms with Crippen molar-refractivity contribution in [2.24, 2.45) is 4.99 Å². The number of hydrogen-bond donors (Lipinski definition) is 2. The molecule has 1 aliphatic rings. The Hall–Kier alpha value is -2.65. The molecule has 1 saturated heterocycles. The van der Waals surface area contributed by atoms with E-state index in [1.54, 1.807) is 16.7 Å². The molecule has 1 unspecified atom stereocenters. The minimum absolute atomic E-state index is 0. The van der Waals surface area contributed by atoms with Gasteiger partial charge >= 0.3 is 0 Å². The average Bonchev–Trinajstić information content (AvgIpc) is 3.39. The maximum atomic E-state index is 11.9. The first-order valence-corrected chi connectivity index (χ1v) is 11.7. The molecule has 2 aromatic carbocycles. The van der Waals surface area contributed by atoms with Gasteiger partial charge in [-0.1, -0.05) is 60.7 Å².